The largest absolute Gasteiger partial charge is 0.494 e. The summed E-state index contributed by atoms with van der Waals surface area (Å²) in [7, 11) is 0. The van der Waals surface area contributed by atoms with Crippen molar-refractivity contribution in [2.75, 3.05) is 12.4 Å². The Morgan fingerprint density at radius 1 is 1.26 bits per heavy atom. The second kappa shape index (κ2) is 7.93. The van der Waals surface area contributed by atoms with Crippen molar-refractivity contribution in [3.05, 3.63) is 51.4 Å². The van der Waals surface area contributed by atoms with Crippen LogP contribution in [0.3, 0.4) is 0 Å². The first-order valence-electron chi connectivity index (χ1n) is 7.74. The van der Waals surface area contributed by atoms with E-state index in [9.17, 15) is 4.79 Å². The van der Waals surface area contributed by atoms with Crippen LogP contribution in [0.2, 0.25) is 0 Å². The van der Waals surface area contributed by atoms with Crippen LogP contribution in [0.5, 0.6) is 5.75 Å². The summed E-state index contributed by atoms with van der Waals surface area (Å²) in [6.45, 7) is 2.78. The summed E-state index contributed by atoms with van der Waals surface area (Å²) in [6, 6.07) is 8.11. The van der Waals surface area contributed by atoms with Gasteiger partial charge in [-0.2, -0.15) is 11.8 Å². The molecule has 0 saturated carbocycles. The minimum atomic E-state index is 0.0326. The normalized spacial score (nSPS) is 13.1. The van der Waals surface area contributed by atoms with Crippen LogP contribution in [0.25, 0.3) is 0 Å². The number of thioether (sulfide) groups is 2. The van der Waals surface area contributed by atoms with Gasteiger partial charge in [0.15, 0.2) is 5.16 Å². The van der Waals surface area contributed by atoms with Gasteiger partial charge in [0.2, 0.25) is 0 Å². The van der Waals surface area contributed by atoms with Crippen LogP contribution in [-0.2, 0) is 11.5 Å². The molecule has 1 aliphatic heterocycles. The molecule has 1 N–H and O–H groups in total. The second-order valence-electron chi connectivity index (χ2n) is 5.51. The van der Waals surface area contributed by atoms with Crippen LogP contribution in [0.4, 0.5) is 0 Å². The Hall–Kier alpha value is -1.40. The number of fused-ring (bicyclic) bond motifs is 1. The fourth-order valence-electron chi connectivity index (χ4n) is 2.31. The molecule has 1 aromatic carbocycles. The first kappa shape index (κ1) is 16.5. The molecule has 0 unspecified atom stereocenters. The van der Waals surface area contributed by atoms with Crippen LogP contribution >= 0.6 is 23.5 Å². The van der Waals surface area contributed by atoms with E-state index < -0.39 is 0 Å². The quantitative estimate of drug-likeness (QED) is 0.469. The molecule has 1 aromatic heterocycles. The van der Waals surface area contributed by atoms with Crippen LogP contribution in [-0.4, -0.2) is 22.3 Å². The predicted molar refractivity (Wildman–Crippen MR) is 96.5 cm³/mol. The summed E-state index contributed by atoms with van der Waals surface area (Å²) in [5.41, 5.74) is 3.09. The number of aromatic amines is 1. The number of unbranched alkanes of at least 4 members (excludes halogenated alkanes) is 1. The van der Waals surface area contributed by atoms with Gasteiger partial charge >= 0.3 is 0 Å². The van der Waals surface area contributed by atoms with Gasteiger partial charge in [-0.1, -0.05) is 29.5 Å². The van der Waals surface area contributed by atoms with Crippen molar-refractivity contribution >= 4 is 23.5 Å². The average Bonchev–Trinajstić information content (AvgIpc) is 3.01. The summed E-state index contributed by atoms with van der Waals surface area (Å²) in [5.74, 6) is 3.51. The van der Waals surface area contributed by atoms with Gasteiger partial charge in [0, 0.05) is 22.8 Å². The number of H-pyrrole nitrogens is 1. The summed E-state index contributed by atoms with van der Waals surface area (Å²) in [6.07, 6.45) is 2.03. The van der Waals surface area contributed by atoms with Gasteiger partial charge in [0.1, 0.15) is 5.75 Å². The summed E-state index contributed by atoms with van der Waals surface area (Å²) in [5, 5.41) is 0.746. The van der Waals surface area contributed by atoms with E-state index in [2.05, 4.69) is 29.0 Å². The third-order valence-corrected chi connectivity index (χ3v) is 5.56. The maximum absolute atomic E-state index is 11.9. The molecule has 2 aromatic rings. The Labute approximate surface area is 144 Å². The third kappa shape index (κ3) is 4.54. The molecule has 3 rings (SSSR count). The molecular formula is C17H20N2O2S2. The molecule has 4 nitrogen and oxygen atoms in total. The molecule has 2 heterocycles. The molecule has 0 fully saturated rings. The molecule has 0 atom stereocenters. The molecule has 0 aliphatic carbocycles. The zero-order valence-corrected chi connectivity index (χ0v) is 14.8. The SMILES string of the molecule is Cc1ccc(OCCCCSc2nc3c(c(=O)[nH]2)CSC3)cc1. The molecular weight excluding hydrogens is 328 g/mol. The van der Waals surface area contributed by atoms with E-state index in [1.54, 1.807) is 23.5 Å². The average molecular weight is 348 g/mol. The lowest BCUT2D eigenvalue weighted by atomic mass is 10.2. The van der Waals surface area contributed by atoms with Crippen molar-refractivity contribution in [1.82, 2.24) is 9.97 Å². The van der Waals surface area contributed by atoms with Crippen LogP contribution in [0, 0.1) is 6.92 Å². The fourth-order valence-corrected chi connectivity index (χ4v) is 4.22. The van der Waals surface area contributed by atoms with Crippen LogP contribution in [0.1, 0.15) is 29.7 Å². The van der Waals surface area contributed by atoms with E-state index in [-0.39, 0.29) is 5.56 Å². The van der Waals surface area contributed by atoms with Crippen LogP contribution < -0.4 is 10.3 Å². The number of rotatable bonds is 7. The molecule has 0 radical (unpaired) electrons. The number of ether oxygens (including phenoxy) is 1. The summed E-state index contributed by atoms with van der Waals surface area (Å²) < 4.78 is 5.71. The molecule has 6 heteroatoms. The smallest absolute Gasteiger partial charge is 0.255 e. The fraction of sp³-hybridized carbons (Fsp3) is 0.412. The van der Waals surface area contributed by atoms with Gasteiger partial charge in [-0.25, -0.2) is 4.98 Å². The highest BCUT2D eigenvalue weighted by molar-refractivity contribution is 7.99. The number of aromatic nitrogens is 2. The Balaban J connectivity index is 1.38. The first-order chi connectivity index (χ1) is 11.2. The number of aryl methyl sites for hydroxylation is 1. The molecule has 1 aliphatic rings. The highest BCUT2D eigenvalue weighted by Crippen LogP contribution is 2.26. The van der Waals surface area contributed by atoms with Gasteiger partial charge in [-0.3, -0.25) is 4.79 Å². The Morgan fingerprint density at radius 3 is 2.91 bits per heavy atom. The van der Waals surface area contributed by atoms with Crippen LogP contribution in [0.15, 0.2) is 34.2 Å². The van der Waals surface area contributed by atoms with Gasteiger partial charge in [0.05, 0.1) is 12.3 Å². The number of benzene rings is 1. The highest BCUT2D eigenvalue weighted by Gasteiger charge is 2.17. The minimum absolute atomic E-state index is 0.0326. The molecule has 0 amide bonds. The lowest BCUT2D eigenvalue weighted by Gasteiger charge is -2.06. The second-order valence-corrected chi connectivity index (χ2v) is 7.58. The summed E-state index contributed by atoms with van der Waals surface area (Å²) in [4.78, 5) is 19.3. The number of nitrogens with zero attached hydrogens (tertiary/aromatic N) is 1. The van der Waals surface area contributed by atoms with Crippen molar-refractivity contribution in [3.8, 4) is 5.75 Å². The number of hydrogen-bond acceptors (Lipinski definition) is 5. The standard InChI is InChI=1S/C17H20N2O2S2/c1-12-4-6-13(7-5-12)21-8-2-3-9-23-17-18-15-11-22-10-14(15)16(20)19-17/h4-7H,2-3,8-11H2,1H3,(H,18,19,20). The van der Waals surface area contributed by atoms with E-state index in [4.69, 9.17) is 4.74 Å². The van der Waals surface area contributed by atoms with E-state index >= 15 is 0 Å². The zero-order valence-electron chi connectivity index (χ0n) is 13.1. The monoisotopic (exact) mass is 348 g/mol. The molecule has 0 saturated heterocycles. The van der Waals surface area contributed by atoms with Gasteiger partial charge < -0.3 is 9.72 Å². The first-order valence-corrected chi connectivity index (χ1v) is 9.88. The number of nitrogens with one attached hydrogen (secondary N) is 1. The molecule has 0 spiro atoms. The molecule has 122 valence electrons. The maximum Gasteiger partial charge on any atom is 0.255 e. The van der Waals surface area contributed by atoms with E-state index in [1.807, 2.05) is 12.1 Å². The zero-order chi connectivity index (χ0) is 16.1. The number of hydrogen-bond donors (Lipinski definition) is 1. The summed E-state index contributed by atoms with van der Waals surface area (Å²) >= 11 is 3.37. The molecule has 0 bridgehead atoms. The van der Waals surface area contributed by atoms with E-state index in [0.717, 1.165) is 52.3 Å². The Kier molecular flexibility index (Phi) is 5.67. The maximum atomic E-state index is 11.9. The van der Waals surface area contributed by atoms with Crippen molar-refractivity contribution in [2.24, 2.45) is 0 Å². The Morgan fingerprint density at radius 2 is 2.09 bits per heavy atom. The van der Waals surface area contributed by atoms with Crippen molar-refractivity contribution in [3.63, 3.8) is 0 Å². The highest BCUT2D eigenvalue weighted by atomic mass is 32.2. The van der Waals surface area contributed by atoms with Gasteiger partial charge in [-0.15, -0.1) is 0 Å². The predicted octanol–water partition coefficient (Wildman–Crippen LogP) is 3.78. The van der Waals surface area contributed by atoms with E-state index in [1.165, 1.54) is 5.56 Å². The van der Waals surface area contributed by atoms with Crippen molar-refractivity contribution in [1.29, 1.82) is 0 Å². The van der Waals surface area contributed by atoms with Crippen molar-refractivity contribution < 1.29 is 4.74 Å². The van der Waals surface area contributed by atoms with Gasteiger partial charge in [-0.05, 0) is 31.9 Å². The van der Waals surface area contributed by atoms with E-state index in [0.29, 0.717) is 6.61 Å². The Bertz CT molecular complexity index is 714. The molecule has 23 heavy (non-hydrogen) atoms. The lowest BCUT2D eigenvalue weighted by Crippen LogP contribution is -2.14. The third-order valence-electron chi connectivity index (χ3n) is 3.63. The van der Waals surface area contributed by atoms with Crippen molar-refractivity contribution in [2.45, 2.75) is 36.4 Å². The minimum Gasteiger partial charge on any atom is -0.494 e. The lowest BCUT2D eigenvalue weighted by molar-refractivity contribution is 0.310. The van der Waals surface area contributed by atoms with Gasteiger partial charge in [0.25, 0.3) is 5.56 Å². The topological polar surface area (TPSA) is 55.0 Å².